The van der Waals surface area contributed by atoms with Crippen LogP contribution in [-0.4, -0.2) is 18.0 Å². The van der Waals surface area contributed by atoms with Crippen LogP contribution in [0.15, 0.2) is 83.3 Å². The van der Waals surface area contributed by atoms with E-state index >= 15 is 0 Å². The number of anilines is 1. The van der Waals surface area contributed by atoms with Crippen molar-refractivity contribution in [2.75, 3.05) is 12.4 Å². The van der Waals surface area contributed by atoms with Crippen LogP contribution in [0, 0.1) is 6.92 Å². The van der Waals surface area contributed by atoms with Crippen molar-refractivity contribution in [2.45, 2.75) is 13.5 Å². The van der Waals surface area contributed by atoms with Crippen LogP contribution in [0.2, 0.25) is 0 Å². The second-order valence-electron chi connectivity index (χ2n) is 7.61. The van der Waals surface area contributed by atoms with E-state index in [0.29, 0.717) is 16.3 Å². The number of furan rings is 1. The zero-order valence-corrected chi connectivity index (χ0v) is 19.5. The molecular formula is C27H22N2O4S. The summed E-state index contributed by atoms with van der Waals surface area (Å²) >= 11 is 1.42. The van der Waals surface area contributed by atoms with E-state index in [2.05, 4.69) is 10.3 Å². The number of benzene rings is 3. The lowest BCUT2D eigenvalue weighted by atomic mass is 10.1. The molecule has 34 heavy (non-hydrogen) atoms. The van der Waals surface area contributed by atoms with E-state index in [1.165, 1.54) is 11.3 Å². The Labute approximate surface area is 200 Å². The maximum Gasteiger partial charge on any atom is 0.293 e. The molecule has 0 radical (unpaired) electrons. The minimum atomic E-state index is -0.363. The summed E-state index contributed by atoms with van der Waals surface area (Å²) in [5.41, 5.74) is 3.10. The largest absolute Gasteiger partial charge is 0.497 e. The molecule has 1 amide bonds. The smallest absolute Gasteiger partial charge is 0.293 e. The van der Waals surface area contributed by atoms with Crippen molar-refractivity contribution in [2.24, 2.45) is 0 Å². The minimum Gasteiger partial charge on any atom is -0.497 e. The van der Waals surface area contributed by atoms with E-state index in [4.69, 9.17) is 13.9 Å². The summed E-state index contributed by atoms with van der Waals surface area (Å²) in [6, 6.07) is 24.7. The highest BCUT2D eigenvalue weighted by Gasteiger charge is 2.22. The van der Waals surface area contributed by atoms with Crippen LogP contribution >= 0.6 is 11.3 Å². The van der Waals surface area contributed by atoms with Gasteiger partial charge in [0.15, 0.2) is 10.9 Å². The van der Waals surface area contributed by atoms with Gasteiger partial charge in [-0.05, 0) is 49.4 Å². The number of nitrogens with zero attached hydrogens (tertiary/aromatic N) is 1. The Morgan fingerprint density at radius 2 is 1.71 bits per heavy atom. The number of methoxy groups -OCH3 is 1. The fourth-order valence-corrected chi connectivity index (χ4v) is 4.55. The van der Waals surface area contributed by atoms with Gasteiger partial charge in [-0.2, -0.15) is 0 Å². The molecule has 3 aromatic carbocycles. The lowest BCUT2D eigenvalue weighted by Gasteiger charge is -2.07. The van der Waals surface area contributed by atoms with Gasteiger partial charge in [0.1, 0.15) is 23.7 Å². The van der Waals surface area contributed by atoms with Crippen LogP contribution in [-0.2, 0) is 6.61 Å². The summed E-state index contributed by atoms with van der Waals surface area (Å²) in [7, 11) is 1.63. The number of hydrogen-bond donors (Lipinski definition) is 1. The number of hydrogen-bond acceptors (Lipinski definition) is 6. The van der Waals surface area contributed by atoms with Crippen molar-refractivity contribution in [1.29, 1.82) is 0 Å². The van der Waals surface area contributed by atoms with Crippen molar-refractivity contribution in [1.82, 2.24) is 4.98 Å². The molecule has 0 saturated carbocycles. The Kier molecular flexibility index (Phi) is 6.01. The molecule has 0 unspecified atom stereocenters. The molecule has 5 rings (SSSR count). The van der Waals surface area contributed by atoms with Crippen molar-refractivity contribution in [3.8, 4) is 22.8 Å². The minimum absolute atomic E-state index is 0.206. The molecule has 0 atom stereocenters. The summed E-state index contributed by atoms with van der Waals surface area (Å²) < 4.78 is 17.1. The Hall–Kier alpha value is -4.10. The Balaban J connectivity index is 1.41. The number of amides is 1. The number of carbonyl (C=O) groups is 1. The van der Waals surface area contributed by atoms with Gasteiger partial charge >= 0.3 is 0 Å². The zero-order valence-electron chi connectivity index (χ0n) is 18.7. The lowest BCUT2D eigenvalue weighted by Crippen LogP contribution is -2.13. The van der Waals surface area contributed by atoms with Crippen molar-refractivity contribution in [3.63, 3.8) is 0 Å². The normalized spacial score (nSPS) is 10.9. The number of rotatable bonds is 7. The fraction of sp³-hybridized carbons (Fsp3) is 0.111. The Bertz CT molecular complexity index is 1440. The zero-order chi connectivity index (χ0) is 23.5. The highest BCUT2D eigenvalue weighted by Crippen LogP contribution is 2.33. The van der Waals surface area contributed by atoms with Crippen LogP contribution in [0.1, 0.15) is 21.0 Å². The van der Waals surface area contributed by atoms with E-state index in [9.17, 15) is 4.79 Å². The van der Waals surface area contributed by atoms with Gasteiger partial charge in [-0.15, -0.1) is 11.3 Å². The number of aryl methyl sites for hydroxylation is 1. The number of ether oxygens (including phenoxy) is 2. The van der Waals surface area contributed by atoms with Crippen LogP contribution in [0.3, 0.4) is 0 Å². The summed E-state index contributed by atoms with van der Waals surface area (Å²) in [6.45, 7) is 2.19. The number of carbonyl (C=O) groups excluding carboxylic acids is 1. The second-order valence-corrected chi connectivity index (χ2v) is 8.82. The van der Waals surface area contributed by atoms with Gasteiger partial charge in [0.05, 0.1) is 12.8 Å². The monoisotopic (exact) mass is 470 g/mol. The summed E-state index contributed by atoms with van der Waals surface area (Å²) in [5.74, 6) is 1.35. The first-order chi connectivity index (χ1) is 16.6. The first kappa shape index (κ1) is 21.7. The van der Waals surface area contributed by atoms with Crippen molar-refractivity contribution >= 4 is 33.3 Å². The molecule has 6 nitrogen and oxygen atoms in total. The number of nitrogens with one attached hydrogen (secondary N) is 1. The molecule has 0 aliphatic heterocycles. The van der Waals surface area contributed by atoms with Crippen molar-refractivity contribution in [3.05, 3.63) is 95.1 Å². The Morgan fingerprint density at radius 3 is 2.47 bits per heavy atom. The molecular weight excluding hydrogens is 448 g/mol. The molecule has 1 N–H and O–H groups in total. The third kappa shape index (κ3) is 4.38. The maximum atomic E-state index is 13.2. The molecule has 0 spiro atoms. The molecule has 7 heteroatoms. The molecule has 170 valence electrons. The summed E-state index contributed by atoms with van der Waals surface area (Å²) in [4.78, 5) is 18.9. The molecule has 0 aliphatic carbocycles. The van der Waals surface area contributed by atoms with Crippen LogP contribution in [0.25, 0.3) is 22.2 Å². The van der Waals surface area contributed by atoms with E-state index in [1.807, 2.05) is 85.8 Å². The van der Waals surface area contributed by atoms with Gasteiger partial charge in [0.2, 0.25) is 0 Å². The summed E-state index contributed by atoms with van der Waals surface area (Å²) in [5, 5.41) is 4.25. The maximum absolute atomic E-state index is 13.2. The second kappa shape index (κ2) is 9.41. The van der Waals surface area contributed by atoms with Crippen LogP contribution in [0.5, 0.6) is 11.5 Å². The fourth-order valence-electron chi connectivity index (χ4n) is 3.72. The first-order valence-corrected chi connectivity index (χ1v) is 11.6. The number of fused-ring (bicyclic) bond motifs is 1. The van der Waals surface area contributed by atoms with Crippen LogP contribution in [0.4, 0.5) is 5.13 Å². The van der Waals surface area contributed by atoms with E-state index in [-0.39, 0.29) is 18.3 Å². The van der Waals surface area contributed by atoms with Gasteiger partial charge < -0.3 is 13.9 Å². The highest BCUT2D eigenvalue weighted by atomic mass is 32.1. The predicted octanol–water partition coefficient (Wildman–Crippen LogP) is 6.70. The van der Waals surface area contributed by atoms with Gasteiger partial charge in [-0.25, -0.2) is 4.98 Å². The quantitative estimate of drug-likeness (QED) is 0.286. The van der Waals surface area contributed by atoms with Crippen LogP contribution < -0.4 is 14.8 Å². The SMILES string of the molecule is COc1ccc(-c2nc(NC(=O)c3oc4ccccc4c3COc3ccccc3)sc2C)cc1. The molecule has 5 aromatic rings. The molecule has 2 heterocycles. The van der Waals surface area contributed by atoms with Gasteiger partial charge in [0.25, 0.3) is 5.91 Å². The standard InChI is InChI=1S/C27H22N2O4S/c1-17-24(18-12-14-19(31-2)15-13-18)28-27(34-17)29-26(30)25-22(16-32-20-8-4-3-5-9-20)21-10-6-7-11-23(21)33-25/h3-15H,16H2,1-2H3,(H,28,29,30). The lowest BCUT2D eigenvalue weighted by molar-refractivity contribution is 0.0995. The van der Waals surface area contributed by atoms with E-state index in [0.717, 1.165) is 33.0 Å². The van der Waals surface area contributed by atoms with E-state index < -0.39 is 0 Å². The highest BCUT2D eigenvalue weighted by molar-refractivity contribution is 7.16. The molecule has 0 aliphatic rings. The topological polar surface area (TPSA) is 73.6 Å². The molecule has 0 saturated heterocycles. The Morgan fingerprint density at radius 1 is 0.971 bits per heavy atom. The third-order valence-electron chi connectivity index (χ3n) is 5.41. The van der Waals surface area contributed by atoms with Crippen molar-refractivity contribution < 1.29 is 18.7 Å². The number of aromatic nitrogens is 1. The molecule has 2 aromatic heterocycles. The average molecular weight is 471 g/mol. The molecule has 0 fully saturated rings. The number of para-hydroxylation sites is 2. The average Bonchev–Trinajstić information content (AvgIpc) is 3.43. The summed E-state index contributed by atoms with van der Waals surface area (Å²) in [6.07, 6.45) is 0. The van der Waals surface area contributed by atoms with E-state index in [1.54, 1.807) is 7.11 Å². The van der Waals surface area contributed by atoms with Gasteiger partial charge in [-0.1, -0.05) is 36.4 Å². The van der Waals surface area contributed by atoms with Gasteiger partial charge in [0, 0.05) is 21.4 Å². The van der Waals surface area contributed by atoms with Gasteiger partial charge in [-0.3, -0.25) is 10.1 Å². The first-order valence-electron chi connectivity index (χ1n) is 10.7. The number of thiazole rings is 1. The molecule has 0 bridgehead atoms. The predicted molar refractivity (Wildman–Crippen MR) is 134 cm³/mol. The third-order valence-corrected chi connectivity index (χ3v) is 6.30.